The molecule has 0 saturated heterocycles. The van der Waals surface area contributed by atoms with E-state index in [0.29, 0.717) is 16.9 Å². The quantitative estimate of drug-likeness (QED) is 0.929. The average molecular weight is 268 g/mol. The van der Waals surface area contributed by atoms with Gasteiger partial charge in [0.1, 0.15) is 11.5 Å². The van der Waals surface area contributed by atoms with Crippen LogP contribution in [0.3, 0.4) is 0 Å². The van der Waals surface area contributed by atoms with Crippen LogP contribution in [0.2, 0.25) is 0 Å². The summed E-state index contributed by atoms with van der Waals surface area (Å²) in [5.41, 5.74) is 2.12. The first-order chi connectivity index (χ1) is 9.51. The minimum atomic E-state index is -0.156. The van der Waals surface area contributed by atoms with Gasteiger partial charge in [-0.2, -0.15) is 5.26 Å². The van der Waals surface area contributed by atoms with Crippen molar-refractivity contribution in [3.05, 3.63) is 58.5 Å². The van der Waals surface area contributed by atoms with E-state index in [-0.39, 0.29) is 11.9 Å². The van der Waals surface area contributed by atoms with E-state index < -0.39 is 0 Å². The van der Waals surface area contributed by atoms with Crippen LogP contribution in [0.1, 0.15) is 46.0 Å². The minimum absolute atomic E-state index is 0.134. The molecule has 1 amide bonds. The highest BCUT2D eigenvalue weighted by Crippen LogP contribution is 2.17. The maximum absolute atomic E-state index is 12.2. The number of rotatable bonds is 3. The van der Waals surface area contributed by atoms with Crippen LogP contribution in [-0.4, -0.2) is 5.91 Å². The molecule has 4 nitrogen and oxygen atoms in total. The molecule has 1 heterocycles. The Hall–Kier alpha value is -2.54. The van der Waals surface area contributed by atoms with E-state index >= 15 is 0 Å². The topological polar surface area (TPSA) is 66.0 Å². The third kappa shape index (κ3) is 2.89. The monoisotopic (exact) mass is 268 g/mol. The number of benzene rings is 1. The number of aryl methyl sites for hydroxylation is 2. The predicted octanol–water partition coefficient (Wildman–Crippen LogP) is 3.26. The fourth-order valence-electron chi connectivity index (χ4n) is 2.06. The van der Waals surface area contributed by atoms with Crippen LogP contribution in [-0.2, 0) is 0 Å². The molecule has 0 radical (unpaired) electrons. The van der Waals surface area contributed by atoms with E-state index in [0.717, 1.165) is 11.3 Å². The van der Waals surface area contributed by atoms with E-state index in [4.69, 9.17) is 9.68 Å². The Kier molecular flexibility index (Phi) is 3.90. The van der Waals surface area contributed by atoms with Crippen molar-refractivity contribution >= 4 is 5.91 Å². The van der Waals surface area contributed by atoms with E-state index in [1.54, 1.807) is 25.1 Å². The molecule has 0 aliphatic carbocycles. The van der Waals surface area contributed by atoms with Crippen LogP contribution in [0, 0.1) is 25.2 Å². The van der Waals surface area contributed by atoms with Crippen LogP contribution in [0.4, 0.5) is 0 Å². The largest absolute Gasteiger partial charge is 0.466 e. The molecule has 4 heteroatoms. The third-order valence-electron chi connectivity index (χ3n) is 3.17. The van der Waals surface area contributed by atoms with Gasteiger partial charge in [-0.05, 0) is 44.5 Å². The van der Waals surface area contributed by atoms with Gasteiger partial charge in [-0.15, -0.1) is 0 Å². The second-order valence-corrected chi connectivity index (χ2v) is 4.76. The molecule has 1 aromatic heterocycles. The molecule has 0 saturated carbocycles. The first-order valence-electron chi connectivity index (χ1n) is 6.39. The average Bonchev–Trinajstić information content (AvgIpc) is 2.78. The number of carbonyl (C=O) groups excluding carboxylic acids is 1. The second-order valence-electron chi connectivity index (χ2n) is 4.76. The maximum Gasteiger partial charge on any atom is 0.255 e. The SMILES string of the molecule is Cc1cc(C(=O)NC(C)c2ccc(C#N)cc2)c(C)o1. The van der Waals surface area contributed by atoms with Gasteiger partial charge in [0.05, 0.1) is 23.2 Å². The predicted molar refractivity (Wildman–Crippen MR) is 75.2 cm³/mol. The molecular formula is C16H16N2O2. The van der Waals surface area contributed by atoms with Gasteiger partial charge in [0, 0.05) is 0 Å². The standard InChI is InChI=1S/C16H16N2O2/c1-10-8-15(12(3)20-10)16(19)18-11(2)14-6-4-13(9-17)5-7-14/h4-8,11H,1-3H3,(H,18,19). The Labute approximate surface area is 118 Å². The van der Waals surface area contributed by atoms with Gasteiger partial charge in [-0.3, -0.25) is 4.79 Å². The highest BCUT2D eigenvalue weighted by Gasteiger charge is 2.16. The fourth-order valence-corrected chi connectivity index (χ4v) is 2.06. The van der Waals surface area contributed by atoms with Crippen molar-refractivity contribution in [1.82, 2.24) is 5.32 Å². The first-order valence-corrected chi connectivity index (χ1v) is 6.39. The zero-order chi connectivity index (χ0) is 14.7. The smallest absolute Gasteiger partial charge is 0.255 e. The molecule has 2 rings (SSSR count). The summed E-state index contributed by atoms with van der Waals surface area (Å²) >= 11 is 0. The van der Waals surface area contributed by atoms with Crippen molar-refractivity contribution in [2.75, 3.05) is 0 Å². The van der Waals surface area contributed by atoms with E-state index in [2.05, 4.69) is 11.4 Å². The number of nitriles is 1. The van der Waals surface area contributed by atoms with Gasteiger partial charge in [0.25, 0.3) is 5.91 Å². The lowest BCUT2D eigenvalue weighted by Gasteiger charge is -2.14. The Balaban J connectivity index is 2.11. The number of amides is 1. The van der Waals surface area contributed by atoms with E-state index in [1.807, 2.05) is 26.0 Å². The minimum Gasteiger partial charge on any atom is -0.466 e. The highest BCUT2D eigenvalue weighted by molar-refractivity contribution is 5.95. The molecular weight excluding hydrogens is 252 g/mol. The molecule has 0 aliphatic rings. The number of nitrogens with one attached hydrogen (secondary N) is 1. The Morgan fingerprint density at radius 1 is 1.30 bits per heavy atom. The lowest BCUT2D eigenvalue weighted by Crippen LogP contribution is -2.26. The number of furan rings is 1. The molecule has 1 aromatic carbocycles. The Morgan fingerprint density at radius 3 is 2.45 bits per heavy atom. The summed E-state index contributed by atoms with van der Waals surface area (Å²) in [6.07, 6.45) is 0. The molecule has 1 atom stereocenters. The second kappa shape index (κ2) is 5.62. The molecule has 1 N–H and O–H groups in total. The van der Waals surface area contributed by atoms with Gasteiger partial charge < -0.3 is 9.73 Å². The van der Waals surface area contributed by atoms with Crippen LogP contribution < -0.4 is 5.32 Å². The molecule has 102 valence electrons. The zero-order valence-corrected chi connectivity index (χ0v) is 11.7. The third-order valence-corrected chi connectivity index (χ3v) is 3.17. The fraction of sp³-hybridized carbons (Fsp3) is 0.250. The zero-order valence-electron chi connectivity index (χ0n) is 11.7. The summed E-state index contributed by atoms with van der Waals surface area (Å²) in [7, 11) is 0. The number of carbonyl (C=O) groups is 1. The van der Waals surface area contributed by atoms with Crippen molar-refractivity contribution in [2.45, 2.75) is 26.8 Å². The number of hydrogen-bond donors (Lipinski definition) is 1. The van der Waals surface area contributed by atoms with Crippen LogP contribution in [0.25, 0.3) is 0 Å². The molecule has 0 spiro atoms. The summed E-state index contributed by atoms with van der Waals surface area (Å²) in [5, 5.41) is 11.7. The van der Waals surface area contributed by atoms with Crippen molar-refractivity contribution in [1.29, 1.82) is 5.26 Å². The normalized spacial score (nSPS) is 11.7. The van der Waals surface area contributed by atoms with Gasteiger partial charge in [0.15, 0.2) is 0 Å². The van der Waals surface area contributed by atoms with Crippen molar-refractivity contribution < 1.29 is 9.21 Å². The van der Waals surface area contributed by atoms with Gasteiger partial charge in [-0.25, -0.2) is 0 Å². The first kappa shape index (κ1) is 13.9. The lowest BCUT2D eigenvalue weighted by molar-refractivity contribution is 0.0938. The molecule has 20 heavy (non-hydrogen) atoms. The van der Waals surface area contributed by atoms with Gasteiger partial charge >= 0.3 is 0 Å². The Morgan fingerprint density at radius 2 is 1.95 bits per heavy atom. The maximum atomic E-state index is 12.2. The molecule has 1 unspecified atom stereocenters. The summed E-state index contributed by atoms with van der Waals surface area (Å²) in [6.45, 7) is 5.49. The van der Waals surface area contributed by atoms with Crippen LogP contribution >= 0.6 is 0 Å². The summed E-state index contributed by atoms with van der Waals surface area (Å²) in [5.74, 6) is 1.18. The summed E-state index contributed by atoms with van der Waals surface area (Å²) < 4.78 is 5.36. The van der Waals surface area contributed by atoms with Gasteiger partial charge in [-0.1, -0.05) is 12.1 Å². The molecule has 0 fully saturated rings. The molecule has 0 bridgehead atoms. The van der Waals surface area contributed by atoms with Crippen molar-refractivity contribution in [3.63, 3.8) is 0 Å². The van der Waals surface area contributed by atoms with Crippen molar-refractivity contribution in [2.24, 2.45) is 0 Å². The van der Waals surface area contributed by atoms with E-state index in [1.165, 1.54) is 0 Å². The number of hydrogen-bond acceptors (Lipinski definition) is 3. The summed E-state index contributed by atoms with van der Waals surface area (Å²) in [4.78, 5) is 12.2. The highest BCUT2D eigenvalue weighted by atomic mass is 16.3. The number of nitrogens with zero attached hydrogens (tertiary/aromatic N) is 1. The van der Waals surface area contributed by atoms with E-state index in [9.17, 15) is 4.79 Å². The molecule has 0 aliphatic heterocycles. The van der Waals surface area contributed by atoms with Crippen molar-refractivity contribution in [3.8, 4) is 6.07 Å². The summed E-state index contributed by atoms with van der Waals surface area (Å²) in [6, 6.07) is 10.8. The lowest BCUT2D eigenvalue weighted by atomic mass is 10.1. The van der Waals surface area contributed by atoms with Crippen LogP contribution in [0.15, 0.2) is 34.7 Å². The van der Waals surface area contributed by atoms with Gasteiger partial charge in [0.2, 0.25) is 0 Å². The van der Waals surface area contributed by atoms with Crippen LogP contribution in [0.5, 0.6) is 0 Å². The molecule has 2 aromatic rings. The Bertz CT molecular complexity index is 663.